The molecule has 0 saturated carbocycles. The van der Waals surface area contributed by atoms with Gasteiger partial charge in [0.1, 0.15) is 9.84 Å². The van der Waals surface area contributed by atoms with Crippen molar-refractivity contribution in [3.05, 3.63) is 35.9 Å². The number of nitrogens with zero attached hydrogens (tertiary/aromatic N) is 2. The molecule has 0 fully saturated rings. The Morgan fingerprint density at radius 1 is 1.11 bits per heavy atom. The first kappa shape index (κ1) is 26.1. The molecule has 0 saturated heterocycles. The highest BCUT2D eigenvalue weighted by Gasteiger charge is 2.17. The number of hydrogen-bond acceptors (Lipinski definition) is 4. The number of likely N-dealkylation sites (N-methyl/N-ethyl adjacent to an activating group) is 1. The lowest BCUT2D eigenvalue weighted by molar-refractivity contribution is 0.224. The molecule has 0 heterocycles. The van der Waals surface area contributed by atoms with Gasteiger partial charge in [-0.3, -0.25) is 9.89 Å². The van der Waals surface area contributed by atoms with Crippen LogP contribution in [0.5, 0.6) is 0 Å². The molecule has 1 atom stereocenters. The van der Waals surface area contributed by atoms with Crippen LogP contribution in [0.2, 0.25) is 0 Å². The lowest BCUT2D eigenvalue weighted by Gasteiger charge is -2.29. The molecular formula is C19H35IN4O2S. The summed E-state index contributed by atoms with van der Waals surface area (Å²) in [4.78, 5) is 7.14. The molecule has 6 nitrogen and oxygen atoms in total. The van der Waals surface area contributed by atoms with Gasteiger partial charge in [0.2, 0.25) is 0 Å². The minimum atomic E-state index is -2.92. The molecule has 8 heteroatoms. The van der Waals surface area contributed by atoms with E-state index in [-0.39, 0.29) is 35.8 Å². The van der Waals surface area contributed by atoms with Crippen molar-refractivity contribution in [3.63, 3.8) is 0 Å². The maximum absolute atomic E-state index is 11.2. The zero-order valence-corrected chi connectivity index (χ0v) is 20.1. The first-order valence-corrected chi connectivity index (χ1v) is 11.5. The lowest BCUT2D eigenvalue weighted by Crippen LogP contribution is -2.39. The SMILES string of the molecule is CCNC(=NCC(c1ccccc1)N(CC)CC)NCCCS(C)(=O)=O.I. The van der Waals surface area contributed by atoms with Gasteiger partial charge in [-0.2, -0.15) is 0 Å². The molecule has 0 radical (unpaired) electrons. The number of aliphatic imine (C=N–C) groups is 1. The van der Waals surface area contributed by atoms with Crippen LogP contribution in [0.25, 0.3) is 0 Å². The lowest BCUT2D eigenvalue weighted by atomic mass is 10.1. The maximum Gasteiger partial charge on any atom is 0.191 e. The summed E-state index contributed by atoms with van der Waals surface area (Å²) in [7, 11) is -2.92. The van der Waals surface area contributed by atoms with Crippen LogP contribution in [0.4, 0.5) is 0 Å². The third-order valence-electron chi connectivity index (χ3n) is 4.19. The van der Waals surface area contributed by atoms with Crippen LogP contribution in [0.15, 0.2) is 35.3 Å². The Bertz CT molecular complexity index is 634. The fourth-order valence-electron chi connectivity index (χ4n) is 2.83. The standard InChI is InChI=1S/C19H34N4O2S.HI/c1-5-20-19(21-14-11-15-26(4,24)25)22-16-18(23(6-2)7-3)17-12-9-8-10-13-17;/h8-10,12-13,18H,5-7,11,14-16H2,1-4H3,(H2,20,21,22);1H. The molecule has 1 rings (SSSR count). The van der Waals surface area contributed by atoms with Crippen molar-refractivity contribution in [3.8, 4) is 0 Å². The van der Waals surface area contributed by atoms with Gasteiger partial charge in [0, 0.05) is 19.3 Å². The Morgan fingerprint density at radius 2 is 1.74 bits per heavy atom. The minimum Gasteiger partial charge on any atom is -0.357 e. The van der Waals surface area contributed by atoms with Crippen molar-refractivity contribution in [2.24, 2.45) is 4.99 Å². The normalized spacial score (nSPS) is 13.1. The maximum atomic E-state index is 11.2. The van der Waals surface area contributed by atoms with E-state index in [1.165, 1.54) is 11.8 Å². The molecule has 2 N–H and O–H groups in total. The monoisotopic (exact) mass is 510 g/mol. The van der Waals surface area contributed by atoms with E-state index in [1.54, 1.807) is 0 Å². The Hall–Kier alpha value is -0.870. The first-order valence-electron chi connectivity index (χ1n) is 9.40. The number of nitrogens with one attached hydrogen (secondary N) is 2. The summed E-state index contributed by atoms with van der Waals surface area (Å²) in [5.41, 5.74) is 1.26. The number of sulfone groups is 1. The molecule has 0 aromatic heterocycles. The summed E-state index contributed by atoms with van der Waals surface area (Å²) in [6.45, 7) is 10.3. The van der Waals surface area contributed by atoms with Crippen molar-refractivity contribution in [1.29, 1.82) is 0 Å². The Morgan fingerprint density at radius 3 is 2.26 bits per heavy atom. The largest absolute Gasteiger partial charge is 0.357 e. The van der Waals surface area contributed by atoms with Crippen LogP contribution in [0.3, 0.4) is 0 Å². The molecule has 1 aromatic rings. The van der Waals surface area contributed by atoms with Crippen LogP contribution >= 0.6 is 24.0 Å². The summed E-state index contributed by atoms with van der Waals surface area (Å²) in [6, 6.07) is 10.7. The number of halogens is 1. The topological polar surface area (TPSA) is 73.8 Å². The molecule has 0 spiro atoms. The Kier molecular flexibility index (Phi) is 13.7. The van der Waals surface area contributed by atoms with E-state index in [0.29, 0.717) is 19.5 Å². The average Bonchev–Trinajstić information content (AvgIpc) is 2.62. The highest BCUT2D eigenvalue weighted by Crippen LogP contribution is 2.20. The van der Waals surface area contributed by atoms with Gasteiger partial charge < -0.3 is 10.6 Å². The van der Waals surface area contributed by atoms with Gasteiger partial charge >= 0.3 is 0 Å². The van der Waals surface area contributed by atoms with Crippen LogP contribution in [-0.4, -0.2) is 64.0 Å². The van der Waals surface area contributed by atoms with E-state index in [9.17, 15) is 8.42 Å². The molecule has 27 heavy (non-hydrogen) atoms. The molecule has 156 valence electrons. The van der Waals surface area contributed by atoms with Gasteiger partial charge in [0.05, 0.1) is 18.3 Å². The van der Waals surface area contributed by atoms with E-state index >= 15 is 0 Å². The summed E-state index contributed by atoms with van der Waals surface area (Å²) < 4.78 is 22.5. The summed E-state index contributed by atoms with van der Waals surface area (Å²) in [5.74, 6) is 0.917. The number of guanidine groups is 1. The second-order valence-electron chi connectivity index (χ2n) is 6.28. The van der Waals surface area contributed by atoms with Crippen LogP contribution in [0.1, 0.15) is 38.8 Å². The van der Waals surface area contributed by atoms with Crippen molar-refractivity contribution >= 4 is 39.8 Å². The van der Waals surface area contributed by atoms with Gasteiger partial charge in [-0.15, -0.1) is 24.0 Å². The van der Waals surface area contributed by atoms with Gasteiger partial charge in [0.25, 0.3) is 0 Å². The summed E-state index contributed by atoms with van der Waals surface area (Å²) >= 11 is 0. The van der Waals surface area contributed by atoms with Crippen molar-refractivity contribution in [1.82, 2.24) is 15.5 Å². The predicted octanol–water partition coefficient (Wildman–Crippen LogP) is 2.68. The van der Waals surface area contributed by atoms with Crippen molar-refractivity contribution < 1.29 is 8.42 Å². The van der Waals surface area contributed by atoms with Crippen LogP contribution in [-0.2, 0) is 9.84 Å². The van der Waals surface area contributed by atoms with Crippen LogP contribution < -0.4 is 10.6 Å². The van der Waals surface area contributed by atoms with E-state index in [0.717, 1.165) is 25.6 Å². The summed E-state index contributed by atoms with van der Waals surface area (Å²) in [6.07, 6.45) is 1.84. The molecule has 1 aromatic carbocycles. The van der Waals surface area contributed by atoms with Gasteiger partial charge in [-0.25, -0.2) is 8.42 Å². The quantitative estimate of drug-likeness (QED) is 0.207. The highest BCUT2D eigenvalue weighted by molar-refractivity contribution is 14.0. The van der Waals surface area contributed by atoms with E-state index in [1.807, 2.05) is 13.0 Å². The third-order valence-corrected chi connectivity index (χ3v) is 5.22. The second-order valence-corrected chi connectivity index (χ2v) is 8.54. The zero-order valence-electron chi connectivity index (χ0n) is 16.9. The third kappa shape index (κ3) is 10.9. The van der Waals surface area contributed by atoms with Gasteiger partial charge in [-0.1, -0.05) is 44.2 Å². The van der Waals surface area contributed by atoms with E-state index in [2.05, 4.69) is 53.6 Å². The van der Waals surface area contributed by atoms with Crippen LogP contribution in [0, 0.1) is 0 Å². The molecule has 0 aliphatic carbocycles. The molecule has 1 unspecified atom stereocenters. The van der Waals surface area contributed by atoms with Crippen molar-refractivity contribution in [2.75, 3.05) is 44.7 Å². The number of rotatable bonds is 11. The average molecular weight is 510 g/mol. The predicted molar refractivity (Wildman–Crippen MR) is 126 cm³/mol. The Balaban J connectivity index is 0.00000676. The number of benzene rings is 1. The van der Waals surface area contributed by atoms with Gasteiger partial charge in [0.15, 0.2) is 5.96 Å². The zero-order chi connectivity index (χ0) is 19.4. The smallest absolute Gasteiger partial charge is 0.191 e. The van der Waals surface area contributed by atoms with E-state index in [4.69, 9.17) is 4.99 Å². The molecule has 0 aliphatic heterocycles. The van der Waals surface area contributed by atoms with Crippen molar-refractivity contribution in [2.45, 2.75) is 33.2 Å². The molecule has 0 aliphatic rings. The molecule has 0 bridgehead atoms. The Labute approximate surface area is 182 Å². The molecular weight excluding hydrogens is 475 g/mol. The fourth-order valence-corrected chi connectivity index (χ4v) is 3.50. The first-order chi connectivity index (χ1) is 12.4. The number of hydrogen-bond donors (Lipinski definition) is 2. The highest BCUT2D eigenvalue weighted by atomic mass is 127. The van der Waals surface area contributed by atoms with E-state index < -0.39 is 9.84 Å². The minimum absolute atomic E-state index is 0. The molecule has 0 amide bonds. The summed E-state index contributed by atoms with van der Waals surface area (Å²) in [5, 5.41) is 6.46. The fraction of sp³-hybridized carbons (Fsp3) is 0.632. The van der Waals surface area contributed by atoms with Gasteiger partial charge in [-0.05, 0) is 32.0 Å². The second kappa shape index (κ2) is 14.2.